The fourth-order valence-electron chi connectivity index (χ4n) is 2.39. The molecule has 6 heteroatoms. The molecule has 0 heterocycles. The lowest BCUT2D eigenvalue weighted by atomic mass is 9.90. The summed E-state index contributed by atoms with van der Waals surface area (Å²) < 4.78 is 19.1. The summed E-state index contributed by atoms with van der Waals surface area (Å²) >= 11 is 0. The number of nitriles is 1. The Bertz CT molecular complexity index is 625. The maximum atomic E-state index is 13.8. The maximum absolute atomic E-state index is 13.8. The molecule has 2 atom stereocenters. The predicted octanol–water partition coefficient (Wildman–Crippen LogP) is 2.96. The van der Waals surface area contributed by atoms with Crippen LogP contribution < -0.4 is 5.32 Å². The van der Waals surface area contributed by atoms with Crippen LogP contribution in [0.5, 0.6) is 0 Å². The van der Waals surface area contributed by atoms with Crippen molar-refractivity contribution in [2.24, 2.45) is 5.92 Å². The van der Waals surface area contributed by atoms with E-state index in [1.165, 1.54) is 6.07 Å². The zero-order valence-electron chi connectivity index (χ0n) is 14.9. The molecule has 0 aliphatic carbocycles. The molecule has 136 valence electrons. The van der Waals surface area contributed by atoms with Crippen LogP contribution in [-0.2, 0) is 14.3 Å². The van der Waals surface area contributed by atoms with Gasteiger partial charge in [0.25, 0.3) is 0 Å². The first-order chi connectivity index (χ1) is 11.9. The summed E-state index contributed by atoms with van der Waals surface area (Å²) in [6.45, 7) is 6.36. The highest BCUT2D eigenvalue weighted by Crippen LogP contribution is 2.23. The van der Waals surface area contributed by atoms with E-state index in [4.69, 9.17) is 10.00 Å². The lowest BCUT2D eigenvalue weighted by Gasteiger charge is -2.14. The van der Waals surface area contributed by atoms with Crippen LogP contribution in [0.25, 0.3) is 0 Å². The van der Waals surface area contributed by atoms with Crippen LogP contribution in [0.1, 0.15) is 45.1 Å². The van der Waals surface area contributed by atoms with Crippen LogP contribution in [-0.4, -0.2) is 30.9 Å². The summed E-state index contributed by atoms with van der Waals surface area (Å²) in [4.78, 5) is 24.3. The third-order valence-corrected chi connectivity index (χ3v) is 3.73. The Labute approximate surface area is 148 Å². The number of benzene rings is 1. The number of carbonyl (C=O) groups is 2. The number of rotatable bonds is 10. The number of nitrogens with one attached hydrogen (secondary N) is 1. The van der Waals surface area contributed by atoms with Crippen LogP contribution in [0.2, 0.25) is 0 Å². The van der Waals surface area contributed by atoms with Gasteiger partial charge in [-0.3, -0.25) is 9.59 Å². The molecule has 0 aliphatic rings. The van der Waals surface area contributed by atoms with Crippen molar-refractivity contribution in [2.75, 3.05) is 13.2 Å². The normalized spacial score (nSPS) is 13.1. The molecule has 1 rings (SSSR count). The monoisotopic (exact) mass is 348 g/mol. The molecule has 25 heavy (non-hydrogen) atoms. The van der Waals surface area contributed by atoms with E-state index in [1.54, 1.807) is 31.2 Å². The van der Waals surface area contributed by atoms with Crippen LogP contribution in [0, 0.1) is 23.1 Å². The predicted molar refractivity (Wildman–Crippen MR) is 92.3 cm³/mol. The number of Topliss-reactive ketones (excluding diaryl/α,β-unsaturated/α-hetero) is 1. The third-order valence-electron chi connectivity index (χ3n) is 3.73. The topological polar surface area (TPSA) is 79.2 Å². The van der Waals surface area contributed by atoms with E-state index in [2.05, 4.69) is 5.32 Å². The Morgan fingerprint density at radius 2 is 1.96 bits per heavy atom. The molecule has 1 aromatic carbocycles. The number of ketones is 1. The minimum absolute atomic E-state index is 0.0664. The minimum Gasteiger partial charge on any atom is -0.379 e. The van der Waals surface area contributed by atoms with Gasteiger partial charge in [-0.25, -0.2) is 4.39 Å². The first-order valence-corrected chi connectivity index (χ1v) is 8.42. The Morgan fingerprint density at radius 3 is 2.56 bits per heavy atom. The van der Waals surface area contributed by atoms with Crippen molar-refractivity contribution in [3.63, 3.8) is 0 Å². The van der Waals surface area contributed by atoms with Crippen molar-refractivity contribution in [2.45, 2.75) is 45.6 Å². The molecule has 5 nitrogen and oxygen atoms in total. The molecule has 1 amide bonds. The van der Waals surface area contributed by atoms with E-state index in [0.717, 1.165) is 0 Å². The summed E-state index contributed by atoms with van der Waals surface area (Å²) in [5, 5.41) is 11.7. The molecule has 0 unspecified atom stereocenters. The van der Waals surface area contributed by atoms with E-state index < -0.39 is 29.3 Å². The molecular formula is C19H25FN2O3. The molecular weight excluding hydrogens is 323 g/mol. The van der Waals surface area contributed by atoms with Crippen molar-refractivity contribution in [1.29, 1.82) is 5.26 Å². The Kier molecular flexibility index (Phi) is 8.79. The van der Waals surface area contributed by atoms with E-state index in [9.17, 15) is 14.0 Å². The number of nitrogens with zero attached hydrogens (tertiary/aromatic N) is 1. The second-order valence-corrected chi connectivity index (χ2v) is 6.22. The number of carbonyl (C=O) groups excluding carboxylic acids is 2. The summed E-state index contributed by atoms with van der Waals surface area (Å²) in [5.74, 6) is -3.30. The summed E-state index contributed by atoms with van der Waals surface area (Å²) in [6.07, 6.45) is 0.647. The van der Waals surface area contributed by atoms with Crippen molar-refractivity contribution in [1.82, 2.24) is 5.32 Å². The van der Waals surface area contributed by atoms with E-state index in [-0.39, 0.29) is 12.5 Å². The highest BCUT2D eigenvalue weighted by molar-refractivity contribution is 6.04. The first-order valence-electron chi connectivity index (χ1n) is 8.42. The molecule has 0 saturated heterocycles. The van der Waals surface area contributed by atoms with E-state index in [0.29, 0.717) is 25.1 Å². The van der Waals surface area contributed by atoms with Crippen molar-refractivity contribution >= 4 is 11.7 Å². The van der Waals surface area contributed by atoms with Gasteiger partial charge in [-0.05, 0) is 37.8 Å². The molecule has 1 N–H and O–H groups in total. The lowest BCUT2D eigenvalue weighted by Crippen LogP contribution is -2.36. The summed E-state index contributed by atoms with van der Waals surface area (Å²) in [7, 11) is 0. The first kappa shape index (κ1) is 20.8. The van der Waals surface area contributed by atoms with Crippen LogP contribution >= 0.6 is 0 Å². The van der Waals surface area contributed by atoms with Gasteiger partial charge in [0.15, 0.2) is 11.7 Å². The lowest BCUT2D eigenvalue weighted by molar-refractivity contribution is -0.131. The highest BCUT2D eigenvalue weighted by atomic mass is 19.1. The van der Waals surface area contributed by atoms with Gasteiger partial charge in [0.05, 0.1) is 12.2 Å². The zero-order valence-corrected chi connectivity index (χ0v) is 14.9. The molecule has 1 aromatic rings. The fourth-order valence-corrected chi connectivity index (χ4v) is 2.39. The Balaban J connectivity index is 2.52. The van der Waals surface area contributed by atoms with Gasteiger partial charge in [0, 0.05) is 19.6 Å². The van der Waals surface area contributed by atoms with Gasteiger partial charge in [-0.1, -0.05) is 25.1 Å². The quantitative estimate of drug-likeness (QED) is 0.521. The zero-order chi connectivity index (χ0) is 18.8. The molecule has 0 spiro atoms. The van der Waals surface area contributed by atoms with Crippen LogP contribution in [0.15, 0.2) is 24.3 Å². The van der Waals surface area contributed by atoms with Crippen molar-refractivity contribution < 1.29 is 18.7 Å². The van der Waals surface area contributed by atoms with Crippen molar-refractivity contribution in [3.8, 4) is 6.07 Å². The number of ether oxygens (including phenoxy) is 1. The van der Waals surface area contributed by atoms with E-state index in [1.807, 2.05) is 13.8 Å². The van der Waals surface area contributed by atoms with Gasteiger partial charge in [0.2, 0.25) is 5.91 Å². The average molecular weight is 348 g/mol. The van der Waals surface area contributed by atoms with Crippen molar-refractivity contribution in [3.05, 3.63) is 35.6 Å². The SMILES string of the molecule is CC(C)OCCCNC(=O)[C@@H](C#N)C(=O)C[C@@H](C)c1ccccc1F. The van der Waals surface area contributed by atoms with Crippen LogP contribution in [0.3, 0.4) is 0 Å². The summed E-state index contributed by atoms with van der Waals surface area (Å²) in [6, 6.07) is 7.93. The highest BCUT2D eigenvalue weighted by Gasteiger charge is 2.28. The molecule has 0 fully saturated rings. The number of hydrogen-bond acceptors (Lipinski definition) is 4. The molecule has 0 radical (unpaired) electrons. The number of hydrogen-bond donors (Lipinski definition) is 1. The molecule has 0 aliphatic heterocycles. The Hall–Kier alpha value is -2.26. The van der Waals surface area contributed by atoms with Gasteiger partial charge in [-0.2, -0.15) is 5.26 Å². The maximum Gasteiger partial charge on any atom is 0.245 e. The fraction of sp³-hybridized carbons (Fsp3) is 0.526. The van der Waals surface area contributed by atoms with Crippen LogP contribution in [0.4, 0.5) is 4.39 Å². The number of amides is 1. The largest absolute Gasteiger partial charge is 0.379 e. The smallest absolute Gasteiger partial charge is 0.245 e. The minimum atomic E-state index is -1.37. The van der Waals surface area contributed by atoms with Gasteiger partial charge in [-0.15, -0.1) is 0 Å². The number of halogens is 1. The molecule has 0 bridgehead atoms. The second kappa shape index (κ2) is 10.6. The van der Waals surface area contributed by atoms with Gasteiger partial charge in [0.1, 0.15) is 5.82 Å². The third kappa shape index (κ3) is 7.02. The molecule has 0 saturated carbocycles. The van der Waals surface area contributed by atoms with E-state index >= 15 is 0 Å². The standard InChI is InChI=1S/C19H25FN2O3/c1-13(2)25-10-6-9-22-19(24)16(12-21)18(23)11-14(3)15-7-4-5-8-17(15)20/h4-5,7-8,13-14,16H,6,9-11H2,1-3H3,(H,22,24)/t14-,16+/m1/s1. The van der Waals surface area contributed by atoms with Gasteiger partial charge >= 0.3 is 0 Å². The second-order valence-electron chi connectivity index (χ2n) is 6.22. The Morgan fingerprint density at radius 1 is 1.28 bits per heavy atom. The molecule has 0 aromatic heterocycles. The average Bonchev–Trinajstić information content (AvgIpc) is 2.55. The summed E-state index contributed by atoms with van der Waals surface area (Å²) in [5.41, 5.74) is 0.402. The van der Waals surface area contributed by atoms with Gasteiger partial charge < -0.3 is 10.1 Å².